The number of carbonyl (C=O) groups excluding carboxylic acids is 1. The van der Waals surface area contributed by atoms with Crippen molar-refractivity contribution in [3.05, 3.63) is 67.0 Å². The largest absolute Gasteiger partial charge is 0.367 e. The summed E-state index contributed by atoms with van der Waals surface area (Å²) in [6.07, 6.45) is 3.40. The molecule has 0 spiro atoms. The van der Waals surface area contributed by atoms with Crippen LogP contribution in [0.25, 0.3) is 0 Å². The van der Waals surface area contributed by atoms with Crippen LogP contribution in [0, 0.1) is 0 Å². The van der Waals surface area contributed by atoms with Gasteiger partial charge >= 0.3 is 6.03 Å². The van der Waals surface area contributed by atoms with Gasteiger partial charge in [-0.05, 0) is 36.4 Å². The third kappa shape index (κ3) is 5.45. The molecule has 0 aliphatic rings. The number of carbonyl (C=O) groups is 1. The fourth-order valence-corrected chi connectivity index (χ4v) is 2.14. The van der Waals surface area contributed by atoms with Gasteiger partial charge < -0.3 is 21.3 Å². The normalized spacial score (nSPS) is 10.0. The Morgan fingerprint density at radius 1 is 0.808 bits per heavy atom. The maximum Gasteiger partial charge on any atom is 0.319 e. The van der Waals surface area contributed by atoms with E-state index in [2.05, 4.69) is 36.4 Å². The summed E-state index contributed by atoms with van der Waals surface area (Å²) >= 11 is 0. The SMILES string of the molecule is O=C(NCCNc1ccc(Nc2ccncc2)nn1)Nc1ccccc1. The molecule has 1 aromatic carbocycles. The van der Waals surface area contributed by atoms with Crippen LogP contribution >= 0.6 is 0 Å². The molecule has 0 aliphatic heterocycles. The average Bonchev–Trinajstić information content (AvgIpc) is 2.68. The maximum atomic E-state index is 11.8. The minimum Gasteiger partial charge on any atom is -0.367 e. The molecule has 8 heteroatoms. The summed E-state index contributed by atoms with van der Waals surface area (Å²) in [5, 5.41) is 19.9. The lowest BCUT2D eigenvalue weighted by Gasteiger charge is -2.09. The van der Waals surface area contributed by atoms with Crippen molar-refractivity contribution in [3.63, 3.8) is 0 Å². The minimum absolute atomic E-state index is 0.249. The number of nitrogens with zero attached hydrogens (tertiary/aromatic N) is 3. The average molecular weight is 349 g/mol. The Hall–Kier alpha value is -3.68. The number of hydrogen-bond donors (Lipinski definition) is 4. The Balaban J connectivity index is 1.37. The molecule has 2 aromatic heterocycles. The molecule has 0 saturated heterocycles. The molecule has 0 atom stereocenters. The van der Waals surface area contributed by atoms with Crippen molar-refractivity contribution in [3.8, 4) is 0 Å². The molecule has 26 heavy (non-hydrogen) atoms. The molecule has 0 fully saturated rings. The monoisotopic (exact) mass is 349 g/mol. The lowest BCUT2D eigenvalue weighted by atomic mass is 10.3. The van der Waals surface area contributed by atoms with Gasteiger partial charge in [-0.1, -0.05) is 18.2 Å². The van der Waals surface area contributed by atoms with Crippen LogP contribution in [0.3, 0.4) is 0 Å². The number of amides is 2. The number of anilines is 4. The molecular formula is C18H19N7O. The van der Waals surface area contributed by atoms with Gasteiger partial charge in [0.25, 0.3) is 0 Å². The van der Waals surface area contributed by atoms with E-state index in [4.69, 9.17) is 0 Å². The molecule has 2 heterocycles. The predicted octanol–water partition coefficient (Wildman–Crippen LogP) is 2.85. The first-order valence-electron chi connectivity index (χ1n) is 8.14. The number of rotatable bonds is 7. The second-order valence-electron chi connectivity index (χ2n) is 5.34. The number of hydrogen-bond acceptors (Lipinski definition) is 6. The third-order valence-electron chi connectivity index (χ3n) is 3.37. The van der Waals surface area contributed by atoms with E-state index in [1.54, 1.807) is 12.4 Å². The van der Waals surface area contributed by atoms with E-state index in [-0.39, 0.29) is 6.03 Å². The van der Waals surface area contributed by atoms with Crippen LogP contribution in [0.5, 0.6) is 0 Å². The van der Waals surface area contributed by atoms with E-state index in [1.165, 1.54) is 0 Å². The summed E-state index contributed by atoms with van der Waals surface area (Å²) in [5.74, 6) is 1.28. The lowest BCUT2D eigenvalue weighted by Crippen LogP contribution is -2.32. The van der Waals surface area contributed by atoms with Crippen molar-refractivity contribution in [2.75, 3.05) is 29.0 Å². The van der Waals surface area contributed by atoms with Crippen LogP contribution in [0.4, 0.5) is 27.8 Å². The Morgan fingerprint density at radius 2 is 1.54 bits per heavy atom. The second kappa shape index (κ2) is 8.97. The highest BCUT2D eigenvalue weighted by atomic mass is 16.2. The molecule has 2 amide bonds. The number of benzene rings is 1. The summed E-state index contributed by atoms with van der Waals surface area (Å²) in [6, 6.07) is 16.4. The molecule has 132 valence electrons. The van der Waals surface area contributed by atoms with Crippen molar-refractivity contribution in [2.45, 2.75) is 0 Å². The maximum absolute atomic E-state index is 11.8. The van der Waals surface area contributed by atoms with Gasteiger partial charge in [0.1, 0.15) is 5.82 Å². The van der Waals surface area contributed by atoms with Crippen LogP contribution in [-0.4, -0.2) is 34.3 Å². The van der Waals surface area contributed by atoms with E-state index < -0.39 is 0 Å². The smallest absolute Gasteiger partial charge is 0.319 e. The Kier molecular flexibility index (Phi) is 5.92. The molecule has 0 saturated carbocycles. The van der Waals surface area contributed by atoms with Crippen LogP contribution in [-0.2, 0) is 0 Å². The van der Waals surface area contributed by atoms with Crippen LogP contribution in [0.2, 0.25) is 0 Å². The van der Waals surface area contributed by atoms with Crippen molar-refractivity contribution in [1.29, 1.82) is 0 Å². The summed E-state index contributed by atoms with van der Waals surface area (Å²) in [4.78, 5) is 15.7. The molecule has 0 aliphatic carbocycles. The van der Waals surface area contributed by atoms with Gasteiger partial charge in [-0.25, -0.2) is 4.79 Å². The first kappa shape index (κ1) is 17.2. The Morgan fingerprint density at radius 3 is 2.27 bits per heavy atom. The minimum atomic E-state index is -0.249. The van der Waals surface area contributed by atoms with Crippen molar-refractivity contribution in [2.24, 2.45) is 0 Å². The number of nitrogens with one attached hydrogen (secondary N) is 4. The fourth-order valence-electron chi connectivity index (χ4n) is 2.14. The summed E-state index contributed by atoms with van der Waals surface area (Å²) in [6.45, 7) is 0.991. The topological polar surface area (TPSA) is 104 Å². The zero-order valence-corrected chi connectivity index (χ0v) is 14.0. The third-order valence-corrected chi connectivity index (χ3v) is 3.37. The quantitative estimate of drug-likeness (QED) is 0.489. The first-order chi connectivity index (χ1) is 12.8. The zero-order valence-electron chi connectivity index (χ0n) is 14.0. The van der Waals surface area contributed by atoms with Gasteiger partial charge in [0.2, 0.25) is 0 Å². The highest BCUT2D eigenvalue weighted by molar-refractivity contribution is 5.89. The fraction of sp³-hybridized carbons (Fsp3) is 0.111. The highest BCUT2D eigenvalue weighted by Gasteiger charge is 2.01. The van der Waals surface area contributed by atoms with Crippen LogP contribution < -0.4 is 21.3 Å². The molecule has 3 aromatic rings. The van der Waals surface area contributed by atoms with Gasteiger partial charge in [-0.15, -0.1) is 10.2 Å². The Bertz CT molecular complexity index is 810. The molecule has 0 radical (unpaired) electrons. The van der Waals surface area contributed by atoms with E-state index in [1.807, 2.05) is 54.6 Å². The van der Waals surface area contributed by atoms with Crippen LogP contribution in [0.15, 0.2) is 67.0 Å². The summed E-state index contributed by atoms with van der Waals surface area (Å²) in [7, 11) is 0. The molecule has 0 unspecified atom stereocenters. The second-order valence-corrected chi connectivity index (χ2v) is 5.34. The molecule has 0 bridgehead atoms. The first-order valence-corrected chi connectivity index (χ1v) is 8.14. The highest BCUT2D eigenvalue weighted by Crippen LogP contribution is 2.13. The number of urea groups is 1. The number of para-hydroxylation sites is 1. The molecule has 4 N–H and O–H groups in total. The van der Waals surface area contributed by atoms with E-state index >= 15 is 0 Å². The summed E-state index contributed by atoms with van der Waals surface area (Å²) in [5.41, 5.74) is 1.64. The van der Waals surface area contributed by atoms with Gasteiger partial charge in [0.05, 0.1) is 0 Å². The zero-order chi connectivity index (χ0) is 18.0. The standard InChI is InChI=1S/C18H19N7O/c26-18(23-14-4-2-1-3-5-14)21-13-12-20-16-6-7-17(25-24-16)22-15-8-10-19-11-9-15/h1-11H,12-13H2,(H,20,24)(H,19,22,25)(H2,21,23,26). The number of aromatic nitrogens is 3. The van der Waals surface area contributed by atoms with Crippen molar-refractivity contribution < 1.29 is 4.79 Å². The van der Waals surface area contributed by atoms with Gasteiger partial charge in [-0.2, -0.15) is 0 Å². The van der Waals surface area contributed by atoms with E-state index in [0.29, 0.717) is 24.7 Å². The van der Waals surface area contributed by atoms with Gasteiger partial charge in [-0.3, -0.25) is 4.98 Å². The Labute approximate surface area is 151 Å². The molecule has 3 rings (SSSR count). The summed E-state index contributed by atoms with van der Waals surface area (Å²) < 4.78 is 0. The van der Waals surface area contributed by atoms with Gasteiger partial charge in [0, 0.05) is 36.9 Å². The molecule has 8 nitrogen and oxygen atoms in total. The number of pyridine rings is 1. The lowest BCUT2D eigenvalue weighted by molar-refractivity contribution is 0.252. The predicted molar refractivity (Wildman–Crippen MR) is 102 cm³/mol. The van der Waals surface area contributed by atoms with Crippen molar-refractivity contribution in [1.82, 2.24) is 20.5 Å². The van der Waals surface area contributed by atoms with E-state index in [0.717, 1.165) is 11.4 Å². The van der Waals surface area contributed by atoms with Crippen LogP contribution in [0.1, 0.15) is 0 Å². The molecular weight excluding hydrogens is 330 g/mol. The van der Waals surface area contributed by atoms with Gasteiger partial charge in [0.15, 0.2) is 5.82 Å². The van der Waals surface area contributed by atoms with E-state index in [9.17, 15) is 4.79 Å². The van der Waals surface area contributed by atoms with Crippen molar-refractivity contribution >= 4 is 29.0 Å².